The van der Waals surface area contributed by atoms with Gasteiger partial charge in [-0.15, -0.1) is 0 Å². The quantitative estimate of drug-likeness (QED) is 0.826. The van der Waals surface area contributed by atoms with Gasteiger partial charge in [0.2, 0.25) is 0 Å². The number of nitrogens with zero attached hydrogens (tertiary/aromatic N) is 2. The molecule has 1 aromatic rings. The molecule has 0 aliphatic carbocycles. The summed E-state index contributed by atoms with van der Waals surface area (Å²) in [4.78, 5) is 6.52. The van der Waals surface area contributed by atoms with Gasteiger partial charge in [-0.2, -0.15) is 0 Å². The predicted octanol–water partition coefficient (Wildman–Crippen LogP) is 1.25. The Morgan fingerprint density at radius 3 is 3.00 bits per heavy atom. The Bertz CT molecular complexity index is 381. The minimum Gasteiger partial charge on any atom is -0.396 e. The summed E-state index contributed by atoms with van der Waals surface area (Å²) in [5.41, 5.74) is 11.9. The van der Waals surface area contributed by atoms with Crippen molar-refractivity contribution in [3.8, 4) is 0 Å². The van der Waals surface area contributed by atoms with Crippen LogP contribution in [0.1, 0.15) is 19.8 Å². The van der Waals surface area contributed by atoms with Gasteiger partial charge in [0.25, 0.3) is 0 Å². The fourth-order valence-corrected chi connectivity index (χ4v) is 2.17. The van der Waals surface area contributed by atoms with Gasteiger partial charge >= 0.3 is 0 Å². The molecule has 4 N–H and O–H groups in total. The maximum absolute atomic E-state index is 5.73. The van der Waals surface area contributed by atoms with E-state index in [1.165, 1.54) is 0 Å². The van der Waals surface area contributed by atoms with Gasteiger partial charge in [-0.25, -0.2) is 4.98 Å². The molecule has 1 fully saturated rings. The fourth-order valence-electron chi connectivity index (χ4n) is 2.17. The summed E-state index contributed by atoms with van der Waals surface area (Å²) < 4.78 is 5.66. The van der Waals surface area contributed by atoms with Gasteiger partial charge in [-0.3, -0.25) is 0 Å². The zero-order valence-corrected chi connectivity index (χ0v) is 10.2. The molecule has 1 unspecified atom stereocenters. The summed E-state index contributed by atoms with van der Waals surface area (Å²) in [7, 11) is 0. The van der Waals surface area contributed by atoms with E-state index >= 15 is 0 Å². The third-order valence-electron chi connectivity index (χ3n) is 3.05. The van der Waals surface area contributed by atoms with E-state index in [2.05, 4.69) is 9.88 Å². The van der Waals surface area contributed by atoms with E-state index < -0.39 is 0 Å². The number of aromatic nitrogens is 1. The topological polar surface area (TPSA) is 77.4 Å². The lowest BCUT2D eigenvalue weighted by molar-refractivity contribution is 0.0525. The minimum absolute atomic E-state index is 0.300. The number of piperidine rings is 1. The number of nitrogens with two attached hydrogens (primary N) is 2. The van der Waals surface area contributed by atoms with Crippen molar-refractivity contribution in [2.24, 2.45) is 0 Å². The molecular weight excluding hydrogens is 216 g/mol. The number of nitrogen functional groups attached to an aromatic ring is 2. The smallest absolute Gasteiger partial charge is 0.149 e. The van der Waals surface area contributed by atoms with Crippen LogP contribution in [0.2, 0.25) is 0 Å². The molecule has 2 heterocycles. The van der Waals surface area contributed by atoms with Crippen LogP contribution in [0.4, 0.5) is 17.3 Å². The molecular formula is C12H20N4O. The second-order valence-corrected chi connectivity index (χ2v) is 4.31. The third kappa shape index (κ3) is 2.79. The predicted molar refractivity (Wildman–Crippen MR) is 69.9 cm³/mol. The first-order valence-electron chi connectivity index (χ1n) is 6.09. The fraction of sp³-hybridized carbons (Fsp3) is 0.583. The van der Waals surface area contributed by atoms with E-state index in [0.29, 0.717) is 17.6 Å². The first kappa shape index (κ1) is 12.0. The van der Waals surface area contributed by atoms with Crippen molar-refractivity contribution in [1.82, 2.24) is 4.98 Å². The van der Waals surface area contributed by atoms with Crippen LogP contribution in [0.15, 0.2) is 12.1 Å². The molecule has 5 nitrogen and oxygen atoms in total. The molecule has 94 valence electrons. The van der Waals surface area contributed by atoms with Crippen molar-refractivity contribution in [3.05, 3.63) is 12.1 Å². The Balaban J connectivity index is 2.08. The molecule has 5 heteroatoms. The molecule has 1 aliphatic rings. The number of hydrogen-bond acceptors (Lipinski definition) is 5. The van der Waals surface area contributed by atoms with E-state index in [9.17, 15) is 0 Å². The molecule has 1 aromatic heterocycles. The van der Waals surface area contributed by atoms with Crippen molar-refractivity contribution in [1.29, 1.82) is 0 Å². The number of pyridine rings is 1. The van der Waals surface area contributed by atoms with Gasteiger partial charge in [0, 0.05) is 19.7 Å². The van der Waals surface area contributed by atoms with Crippen LogP contribution in [0, 0.1) is 0 Å². The molecule has 0 spiro atoms. The molecule has 0 saturated carbocycles. The Morgan fingerprint density at radius 2 is 2.29 bits per heavy atom. The van der Waals surface area contributed by atoms with Crippen molar-refractivity contribution in [2.45, 2.75) is 25.9 Å². The summed E-state index contributed by atoms with van der Waals surface area (Å²) in [6.45, 7) is 4.67. The summed E-state index contributed by atoms with van der Waals surface area (Å²) in [5, 5.41) is 0. The van der Waals surface area contributed by atoms with E-state index in [-0.39, 0.29) is 0 Å². The standard InChI is InChI=1S/C12H20N4O/c1-2-17-9-4-3-7-16(8-9)11-6-5-10(13)12(14)15-11/h5-6,9H,2-4,7-8,13H2,1H3,(H2,14,15). The third-order valence-corrected chi connectivity index (χ3v) is 3.05. The SMILES string of the molecule is CCOC1CCCN(c2ccc(N)c(N)n2)C1. The van der Waals surface area contributed by atoms with Crippen LogP contribution in [0.25, 0.3) is 0 Å². The highest BCUT2D eigenvalue weighted by Crippen LogP contribution is 2.22. The summed E-state index contributed by atoms with van der Waals surface area (Å²) >= 11 is 0. The zero-order chi connectivity index (χ0) is 12.3. The van der Waals surface area contributed by atoms with E-state index in [1.807, 2.05) is 19.1 Å². The summed E-state index contributed by atoms with van der Waals surface area (Å²) in [6, 6.07) is 3.72. The Morgan fingerprint density at radius 1 is 1.47 bits per heavy atom. The number of anilines is 3. The van der Waals surface area contributed by atoms with Gasteiger partial charge in [-0.1, -0.05) is 0 Å². The summed E-state index contributed by atoms with van der Waals surface area (Å²) in [6.07, 6.45) is 2.54. The monoisotopic (exact) mass is 236 g/mol. The zero-order valence-electron chi connectivity index (χ0n) is 10.2. The number of rotatable bonds is 3. The van der Waals surface area contributed by atoms with Crippen molar-refractivity contribution >= 4 is 17.3 Å². The van der Waals surface area contributed by atoms with Gasteiger partial charge in [-0.05, 0) is 31.9 Å². The van der Waals surface area contributed by atoms with Gasteiger partial charge in [0.15, 0.2) is 0 Å². The van der Waals surface area contributed by atoms with Crippen LogP contribution in [-0.4, -0.2) is 30.8 Å². The molecule has 1 atom stereocenters. The molecule has 2 rings (SSSR count). The average Bonchev–Trinajstić information content (AvgIpc) is 2.33. The lowest BCUT2D eigenvalue weighted by atomic mass is 10.1. The lowest BCUT2D eigenvalue weighted by Gasteiger charge is -2.33. The van der Waals surface area contributed by atoms with Crippen molar-refractivity contribution in [3.63, 3.8) is 0 Å². The first-order chi connectivity index (χ1) is 8.20. The Kier molecular flexibility index (Phi) is 3.68. The molecule has 0 amide bonds. The van der Waals surface area contributed by atoms with E-state index in [1.54, 1.807) is 0 Å². The highest BCUT2D eigenvalue weighted by atomic mass is 16.5. The molecule has 0 radical (unpaired) electrons. The lowest BCUT2D eigenvalue weighted by Crippen LogP contribution is -2.40. The second-order valence-electron chi connectivity index (χ2n) is 4.31. The molecule has 1 saturated heterocycles. The molecule has 0 bridgehead atoms. The van der Waals surface area contributed by atoms with Crippen LogP contribution in [-0.2, 0) is 4.74 Å². The molecule has 17 heavy (non-hydrogen) atoms. The number of ether oxygens (including phenoxy) is 1. The molecule has 0 aromatic carbocycles. The summed E-state index contributed by atoms with van der Waals surface area (Å²) in [5.74, 6) is 1.29. The van der Waals surface area contributed by atoms with Crippen molar-refractivity contribution < 1.29 is 4.74 Å². The van der Waals surface area contributed by atoms with Crippen LogP contribution >= 0.6 is 0 Å². The van der Waals surface area contributed by atoms with Gasteiger partial charge < -0.3 is 21.1 Å². The van der Waals surface area contributed by atoms with Crippen molar-refractivity contribution in [2.75, 3.05) is 36.1 Å². The van der Waals surface area contributed by atoms with Gasteiger partial charge in [0.1, 0.15) is 11.6 Å². The highest BCUT2D eigenvalue weighted by Gasteiger charge is 2.21. The number of hydrogen-bond donors (Lipinski definition) is 2. The van der Waals surface area contributed by atoms with E-state index in [0.717, 1.165) is 38.4 Å². The van der Waals surface area contributed by atoms with E-state index in [4.69, 9.17) is 16.2 Å². The normalized spacial score (nSPS) is 20.5. The maximum atomic E-state index is 5.73. The van der Waals surface area contributed by atoms with Gasteiger partial charge in [0.05, 0.1) is 11.8 Å². The Labute approximate surface area is 102 Å². The molecule has 1 aliphatic heterocycles. The Hall–Kier alpha value is -1.49. The largest absolute Gasteiger partial charge is 0.396 e. The van der Waals surface area contributed by atoms with Crippen LogP contribution in [0.3, 0.4) is 0 Å². The maximum Gasteiger partial charge on any atom is 0.149 e. The van der Waals surface area contributed by atoms with Crippen LogP contribution in [0.5, 0.6) is 0 Å². The first-order valence-corrected chi connectivity index (χ1v) is 6.09. The van der Waals surface area contributed by atoms with Crippen LogP contribution < -0.4 is 16.4 Å². The average molecular weight is 236 g/mol. The second kappa shape index (κ2) is 5.23. The highest BCUT2D eigenvalue weighted by molar-refractivity contribution is 5.62. The minimum atomic E-state index is 0.300.